The summed E-state index contributed by atoms with van der Waals surface area (Å²) in [6, 6.07) is 18.6. The van der Waals surface area contributed by atoms with E-state index in [-0.39, 0.29) is 16.6 Å². The highest BCUT2D eigenvalue weighted by molar-refractivity contribution is 7.92. The molecule has 3 aromatic rings. The van der Waals surface area contributed by atoms with Crippen LogP contribution in [0.25, 0.3) is 0 Å². The molecule has 2 N–H and O–H groups in total. The van der Waals surface area contributed by atoms with Crippen LogP contribution in [-0.4, -0.2) is 50.5 Å². The molecule has 33 heavy (non-hydrogen) atoms. The van der Waals surface area contributed by atoms with Crippen LogP contribution in [0.5, 0.6) is 5.75 Å². The lowest BCUT2D eigenvalue weighted by molar-refractivity contribution is 0.0746. The molecule has 1 saturated heterocycles. The number of carbonyl (C=O) groups excluding carboxylic acids is 1. The minimum absolute atomic E-state index is 0.0988. The Labute approximate surface area is 194 Å². The normalized spacial score (nSPS) is 14.2. The Morgan fingerprint density at radius 2 is 1.55 bits per heavy atom. The molecule has 0 saturated carbocycles. The Morgan fingerprint density at radius 3 is 2.18 bits per heavy atom. The summed E-state index contributed by atoms with van der Waals surface area (Å²) in [6.45, 7) is 6.14. The maximum Gasteiger partial charge on any atom is 0.261 e. The summed E-state index contributed by atoms with van der Waals surface area (Å²) in [7, 11) is -3.76. The van der Waals surface area contributed by atoms with E-state index in [9.17, 15) is 18.3 Å². The molecule has 7 nitrogen and oxygen atoms in total. The van der Waals surface area contributed by atoms with E-state index in [0.717, 1.165) is 16.8 Å². The molecule has 1 aliphatic heterocycles. The van der Waals surface area contributed by atoms with Gasteiger partial charge in [0, 0.05) is 37.4 Å². The first-order valence-electron chi connectivity index (χ1n) is 10.8. The second kappa shape index (κ2) is 9.15. The smallest absolute Gasteiger partial charge is 0.261 e. The highest BCUT2D eigenvalue weighted by Gasteiger charge is 2.24. The van der Waals surface area contributed by atoms with Gasteiger partial charge in [0.2, 0.25) is 0 Å². The molecule has 4 rings (SSSR count). The molecule has 172 valence electrons. The van der Waals surface area contributed by atoms with E-state index in [1.165, 1.54) is 12.1 Å². The molecule has 0 aromatic heterocycles. The quantitative estimate of drug-likeness (QED) is 0.599. The van der Waals surface area contributed by atoms with Gasteiger partial charge in [0.05, 0.1) is 10.6 Å². The van der Waals surface area contributed by atoms with Gasteiger partial charge < -0.3 is 14.9 Å². The zero-order valence-corrected chi connectivity index (χ0v) is 19.5. The molecule has 0 spiro atoms. The number of anilines is 2. The number of hydrogen-bond acceptors (Lipinski definition) is 5. The Kier molecular flexibility index (Phi) is 6.29. The number of piperazine rings is 1. The van der Waals surface area contributed by atoms with Gasteiger partial charge >= 0.3 is 0 Å². The average molecular weight is 466 g/mol. The average Bonchev–Trinajstić information content (AvgIpc) is 2.81. The van der Waals surface area contributed by atoms with Gasteiger partial charge in [-0.2, -0.15) is 0 Å². The van der Waals surface area contributed by atoms with E-state index in [2.05, 4.69) is 4.72 Å². The van der Waals surface area contributed by atoms with Gasteiger partial charge in [-0.3, -0.25) is 9.52 Å². The number of benzene rings is 3. The SMILES string of the molecule is Cc1ccc(NS(=O)(=O)c2ccc(C(=O)N3CCN(c4ccccc4O)CC3)cc2)cc1C. The Balaban J connectivity index is 1.41. The molecular formula is C25H27N3O4S. The van der Waals surface area contributed by atoms with E-state index >= 15 is 0 Å². The summed E-state index contributed by atoms with van der Waals surface area (Å²) < 4.78 is 28.1. The maximum absolute atomic E-state index is 12.9. The van der Waals surface area contributed by atoms with E-state index in [4.69, 9.17) is 0 Å². The van der Waals surface area contributed by atoms with Gasteiger partial charge in [-0.25, -0.2) is 8.42 Å². The first-order valence-corrected chi connectivity index (χ1v) is 12.3. The van der Waals surface area contributed by atoms with E-state index in [1.807, 2.05) is 36.9 Å². The summed E-state index contributed by atoms with van der Waals surface area (Å²) >= 11 is 0. The van der Waals surface area contributed by atoms with Crippen molar-refractivity contribution in [1.82, 2.24) is 4.90 Å². The highest BCUT2D eigenvalue weighted by Crippen LogP contribution is 2.27. The van der Waals surface area contributed by atoms with Crippen LogP contribution in [-0.2, 0) is 10.0 Å². The van der Waals surface area contributed by atoms with Crippen LogP contribution in [0.1, 0.15) is 21.5 Å². The van der Waals surface area contributed by atoms with Gasteiger partial charge in [-0.15, -0.1) is 0 Å². The predicted octanol–water partition coefficient (Wildman–Crippen LogP) is 3.77. The van der Waals surface area contributed by atoms with E-state index in [0.29, 0.717) is 37.4 Å². The number of amides is 1. The van der Waals surface area contributed by atoms with Crippen molar-refractivity contribution in [2.24, 2.45) is 0 Å². The van der Waals surface area contributed by atoms with Crippen LogP contribution >= 0.6 is 0 Å². The minimum Gasteiger partial charge on any atom is -0.506 e. The topological polar surface area (TPSA) is 90.0 Å². The lowest BCUT2D eigenvalue weighted by atomic mass is 10.1. The summed E-state index contributed by atoms with van der Waals surface area (Å²) in [6.07, 6.45) is 0. The van der Waals surface area contributed by atoms with Crippen LogP contribution in [0.3, 0.4) is 0 Å². The Bertz CT molecular complexity index is 1270. The summed E-state index contributed by atoms with van der Waals surface area (Å²) in [5, 5.41) is 10.0. The molecule has 1 heterocycles. The van der Waals surface area contributed by atoms with Crippen molar-refractivity contribution in [2.45, 2.75) is 18.7 Å². The summed E-state index contributed by atoms with van der Waals surface area (Å²) in [4.78, 5) is 16.8. The lowest BCUT2D eigenvalue weighted by Crippen LogP contribution is -2.48. The van der Waals surface area contributed by atoms with Crippen molar-refractivity contribution in [3.8, 4) is 5.75 Å². The van der Waals surface area contributed by atoms with Crippen LogP contribution in [0.2, 0.25) is 0 Å². The molecular weight excluding hydrogens is 438 g/mol. The first kappa shape index (κ1) is 22.7. The second-order valence-electron chi connectivity index (χ2n) is 8.20. The van der Waals surface area contributed by atoms with Gasteiger partial charge in [0.1, 0.15) is 5.75 Å². The Hall–Kier alpha value is -3.52. The number of nitrogens with zero attached hydrogens (tertiary/aromatic N) is 2. The lowest BCUT2D eigenvalue weighted by Gasteiger charge is -2.36. The van der Waals surface area contributed by atoms with Crippen LogP contribution in [0, 0.1) is 13.8 Å². The fourth-order valence-corrected chi connectivity index (χ4v) is 4.91. The third-order valence-corrected chi connectivity index (χ3v) is 7.36. The maximum atomic E-state index is 12.9. The summed E-state index contributed by atoms with van der Waals surface area (Å²) in [5.41, 5.74) is 3.79. The number of para-hydroxylation sites is 2. The molecule has 8 heteroatoms. The van der Waals surface area contributed by atoms with Crippen molar-refractivity contribution in [2.75, 3.05) is 35.8 Å². The van der Waals surface area contributed by atoms with E-state index < -0.39 is 10.0 Å². The fourth-order valence-electron chi connectivity index (χ4n) is 3.86. The van der Waals surface area contributed by atoms with Gasteiger partial charge in [-0.1, -0.05) is 18.2 Å². The van der Waals surface area contributed by atoms with Crippen molar-refractivity contribution >= 4 is 27.3 Å². The van der Waals surface area contributed by atoms with Crippen molar-refractivity contribution in [3.05, 3.63) is 83.4 Å². The zero-order valence-electron chi connectivity index (χ0n) is 18.7. The molecule has 0 bridgehead atoms. The molecule has 1 aliphatic rings. The zero-order chi connectivity index (χ0) is 23.6. The number of aromatic hydroxyl groups is 1. The number of aryl methyl sites for hydroxylation is 2. The standard InChI is InChI=1S/C25H27N3O4S/c1-18-7-10-21(17-19(18)2)26-33(31,32)22-11-8-20(9-12-22)25(30)28-15-13-27(14-16-28)23-5-3-4-6-24(23)29/h3-12,17,26,29H,13-16H2,1-2H3. The largest absolute Gasteiger partial charge is 0.506 e. The predicted molar refractivity (Wildman–Crippen MR) is 129 cm³/mol. The summed E-state index contributed by atoms with van der Waals surface area (Å²) in [5.74, 6) is 0.0847. The Morgan fingerprint density at radius 1 is 0.879 bits per heavy atom. The van der Waals surface area contributed by atoms with Crippen molar-refractivity contribution in [3.63, 3.8) is 0 Å². The second-order valence-corrected chi connectivity index (χ2v) is 9.88. The highest BCUT2D eigenvalue weighted by atomic mass is 32.2. The molecule has 3 aromatic carbocycles. The monoisotopic (exact) mass is 465 g/mol. The fraction of sp³-hybridized carbons (Fsp3) is 0.240. The van der Waals surface area contributed by atoms with Crippen LogP contribution in [0.4, 0.5) is 11.4 Å². The molecule has 0 radical (unpaired) electrons. The number of sulfonamides is 1. The minimum atomic E-state index is -3.76. The first-order chi connectivity index (χ1) is 15.7. The van der Waals surface area contributed by atoms with Gasteiger partial charge in [-0.05, 0) is 73.5 Å². The third kappa shape index (κ3) is 4.96. The number of hydrogen-bond donors (Lipinski definition) is 2. The van der Waals surface area contributed by atoms with Crippen molar-refractivity contribution in [1.29, 1.82) is 0 Å². The third-order valence-electron chi connectivity index (χ3n) is 5.96. The van der Waals surface area contributed by atoms with E-state index in [1.54, 1.807) is 41.3 Å². The number of phenols is 1. The van der Waals surface area contributed by atoms with Crippen molar-refractivity contribution < 1.29 is 18.3 Å². The number of nitrogens with one attached hydrogen (secondary N) is 1. The molecule has 1 amide bonds. The molecule has 0 unspecified atom stereocenters. The molecule has 0 atom stereocenters. The van der Waals surface area contributed by atoms with Gasteiger partial charge in [0.15, 0.2) is 0 Å². The van der Waals surface area contributed by atoms with Crippen LogP contribution in [0.15, 0.2) is 71.6 Å². The molecule has 0 aliphatic carbocycles. The number of rotatable bonds is 5. The van der Waals surface area contributed by atoms with Crippen LogP contribution < -0.4 is 9.62 Å². The number of carbonyl (C=O) groups is 1. The number of phenolic OH excluding ortho intramolecular Hbond substituents is 1. The van der Waals surface area contributed by atoms with Gasteiger partial charge in [0.25, 0.3) is 15.9 Å². The molecule has 1 fully saturated rings.